The number of carboxylic acid groups (broad SMARTS) is 1. The Morgan fingerprint density at radius 3 is 2.69 bits per heavy atom. The maximum Gasteiger partial charge on any atom is 0.325 e. The molecule has 0 amide bonds. The number of aryl methyl sites for hydroxylation is 2. The summed E-state index contributed by atoms with van der Waals surface area (Å²) in [6, 6.07) is 11.8. The lowest BCUT2D eigenvalue weighted by Crippen LogP contribution is -2.32. The standard InChI is InChI=1S/C16H21NO3.C12H18N2O/c1-20-14-10-13(14)11-6-2-3-7-12(11)15(16(18)19)17-8-4-5-9-17;15-9-2-1-5-11-7-6-10-4-3-8-13-12(10)14-11/h2-3,6-7,13-15H,4-5,8-10H2,1H3,(H,18,19);6-7,15H,1-5,8-9H2,(H,13,14). The van der Waals surface area contributed by atoms with Gasteiger partial charge in [0.05, 0.1) is 6.10 Å². The Morgan fingerprint density at radius 1 is 1.17 bits per heavy atom. The van der Waals surface area contributed by atoms with E-state index in [0.717, 1.165) is 87.2 Å². The molecule has 1 aromatic heterocycles. The third kappa shape index (κ3) is 6.60. The number of aliphatic carboxylic acids is 1. The summed E-state index contributed by atoms with van der Waals surface area (Å²) in [5.74, 6) is 0.692. The molecule has 3 N–H and O–H groups in total. The Hall–Kier alpha value is -2.48. The molecule has 2 aliphatic heterocycles. The molecule has 1 saturated heterocycles. The van der Waals surface area contributed by atoms with Crippen molar-refractivity contribution in [3.8, 4) is 0 Å². The quantitative estimate of drug-likeness (QED) is 0.463. The van der Waals surface area contributed by atoms with Crippen molar-refractivity contribution in [3.63, 3.8) is 0 Å². The minimum Gasteiger partial charge on any atom is -0.480 e. The summed E-state index contributed by atoms with van der Waals surface area (Å²) in [5, 5.41) is 21.7. The van der Waals surface area contributed by atoms with Crippen LogP contribution in [0.5, 0.6) is 0 Å². The van der Waals surface area contributed by atoms with Gasteiger partial charge in [0.25, 0.3) is 0 Å². The number of likely N-dealkylation sites (tertiary alicyclic amines) is 1. The van der Waals surface area contributed by atoms with E-state index in [1.54, 1.807) is 7.11 Å². The molecule has 1 aromatic carbocycles. The zero-order valence-corrected chi connectivity index (χ0v) is 20.8. The van der Waals surface area contributed by atoms with Gasteiger partial charge in [0.15, 0.2) is 0 Å². The molecule has 3 atom stereocenters. The monoisotopic (exact) mass is 481 g/mol. The summed E-state index contributed by atoms with van der Waals surface area (Å²) < 4.78 is 5.39. The number of nitrogens with one attached hydrogen (secondary N) is 1. The first-order valence-electron chi connectivity index (χ1n) is 13.0. The zero-order chi connectivity index (χ0) is 24.6. The first kappa shape index (κ1) is 25.6. The van der Waals surface area contributed by atoms with Gasteiger partial charge in [-0.15, -0.1) is 0 Å². The summed E-state index contributed by atoms with van der Waals surface area (Å²) in [6.45, 7) is 3.08. The number of hydrogen-bond acceptors (Lipinski definition) is 6. The number of pyridine rings is 1. The van der Waals surface area contributed by atoms with Gasteiger partial charge in [0, 0.05) is 31.9 Å². The predicted molar refractivity (Wildman–Crippen MR) is 137 cm³/mol. The van der Waals surface area contributed by atoms with E-state index in [9.17, 15) is 9.90 Å². The fourth-order valence-corrected chi connectivity index (χ4v) is 5.27. The second-order valence-corrected chi connectivity index (χ2v) is 9.75. The second kappa shape index (κ2) is 12.5. The molecule has 7 nitrogen and oxygen atoms in total. The fraction of sp³-hybridized carbons (Fsp3) is 0.571. The molecule has 3 heterocycles. The van der Waals surface area contributed by atoms with Crippen LogP contribution in [0.2, 0.25) is 0 Å². The minimum atomic E-state index is -0.742. The fourth-order valence-electron chi connectivity index (χ4n) is 5.27. The van der Waals surface area contributed by atoms with Crippen LogP contribution < -0.4 is 5.32 Å². The summed E-state index contributed by atoms with van der Waals surface area (Å²) in [5.41, 5.74) is 4.58. The predicted octanol–water partition coefficient (Wildman–Crippen LogP) is 4.17. The van der Waals surface area contributed by atoms with Crippen molar-refractivity contribution >= 4 is 11.8 Å². The van der Waals surface area contributed by atoms with Gasteiger partial charge in [0.1, 0.15) is 11.9 Å². The Morgan fingerprint density at radius 2 is 1.97 bits per heavy atom. The van der Waals surface area contributed by atoms with E-state index < -0.39 is 12.0 Å². The number of nitrogens with zero attached hydrogens (tertiary/aromatic N) is 2. The van der Waals surface area contributed by atoms with Crippen molar-refractivity contribution in [2.75, 3.05) is 38.7 Å². The van der Waals surface area contributed by atoms with Crippen LogP contribution in [0, 0.1) is 0 Å². The number of carboxylic acids is 1. The molecule has 2 aromatic rings. The molecule has 35 heavy (non-hydrogen) atoms. The highest BCUT2D eigenvalue weighted by atomic mass is 16.5. The van der Waals surface area contributed by atoms with E-state index in [1.165, 1.54) is 12.0 Å². The third-order valence-electron chi connectivity index (χ3n) is 7.26. The first-order valence-corrected chi connectivity index (χ1v) is 13.0. The van der Waals surface area contributed by atoms with Gasteiger partial charge in [-0.3, -0.25) is 9.69 Å². The average Bonchev–Trinajstić information content (AvgIpc) is 3.48. The first-order chi connectivity index (χ1) is 17.1. The van der Waals surface area contributed by atoms with Crippen LogP contribution in [-0.2, 0) is 22.4 Å². The number of fused-ring (bicyclic) bond motifs is 1. The van der Waals surface area contributed by atoms with Crippen LogP contribution >= 0.6 is 0 Å². The van der Waals surface area contributed by atoms with Crippen molar-refractivity contribution in [3.05, 3.63) is 58.8 Å². The minimum absolute atomic E-state index is 0.254. The Bertz CT molecular complexity index is 976. The third-order valence-corrected chi connectivity index (χ3v) is 7.26. The number of aliphatic hydroxyl groups is 1. The van der Waals surface area contributed by atoms with Crippen LogP contribution in [0.1, 0.15) is 72.9 Å². The highest BCUT2D eigenvalue weighted by molar-refractivity contribution is 5.76. The van der Waals surface area contributed by atoms with Gasteiger partial charge < -0.3 is 20.3 Å². The van der Waals surface area contributed by atoms with Gasteiger partial charge in [-0.05, 0) is 87.2 Å². The van der Waals surface area contributed by atoms with E-state index >= 15 is 0 Å². The molecule has 3 unspecified atom stereocenters. The Labute approximate surface area is 208 Å². The molecule has 5 rings (SSSR count). The SMILES string of the molecule is COC1CC1c1ccccc1C(C(=O)O)N1CCCC1.OCCCCc1ccc2c(n1)NCCC2. The number of aliphatic hydroxyl groups excluding tert-OH is 1. The van der Waals surface area contributed by atoms with Gasteiger partial charge >= 0.3 is 5.97 Å². The molecule has 190 valence electrons. The molecule has 1 aliphatic carbocycles. The molecule has 2 fully saturated rings. The normalized spacial score (nSPS) is 21.9. The molecule has 7 heteroatoms. The maximum absolute atomic E-state index is 11.8. The van der Waals surface area contributed by atoms with Crippen molar-refractivity contribution in [1.29, 1.82) is 0 Å². The summed E-state index contributed by atoms with van der Waals surface area (Å²) in [6.07, 6.45) is 8.64. The van der Waals surface area contributed by atoms with E-state index in [4.69, 9.17) is 9.84 Å². The van der Waals surface area contributed by atoms with Gasteiger partial charge in [-0.2, -0.15) is 0 Å². The highest BCUT2D eigenvalue weighted by Gasteiger charge is 2.42. The zero-order valence-electron chi connectivity index (χ0n) is 20.8. The van der Waals surface area contributed by atoms with Crippen LogP contribution in [0.3, 0.4) is 0 Å². The lowest BCUT2D eigenvalue weighted by atomic mass is 9.96. The topological polar surface area (TPSA) is 94.9 Å². The number of carbonyl (C=O) groups is 1. The molecule has 3 aliphatic rings. The second-order valence-electron chi connectivity index (χ2n) is 9.75. The van der Waals surface area contributed by atoms with E-state index in [1.807, 2.05) is 18.2 Å². The maximum atomic E-state index is 11.8. The molecule has 0 bridgehead atoms. The van der Waals surface area contributed by atoms with Gasteiger partial charge in [0.2, 0.25) is 0 Å². The molecule has 0 spiro atoms. The van der Waals surface area contributed by atoms with E-state index in [2.05, 4.69) is 33.4 Å². The van der Waals surface area contributed by atoms with Crippen LogP contribution in [0.4, 0.5) is 5.82 Å². The lowest BCUT2D eigenvalue weighted by Gasteiger charge is -2.26. The number of ether oxygens (including phenoxy) is 1. The summed E-state index contributed by atoms with van der Waals surface area (Å²) in [4.78, 5) is 18.4. The van der Waals surface area contributed by atoms with Crippen molar-refractivity contribution in [2.45, 2.75) is 69.4 Å². The largest absolute Gasteiger partial charge is 0.480 e. The number of unbranched alkanes of at least 4 members (excludes halogenated alkanes) is 1. The number of benzene rings is 1. The number of aromatic nitrogens is 1. The highest BCUT2D eigenvalue weighted by Crippen LogP contribution is 2.46. The lowest BCUT2D eigenvalue weighted by molar-refractivity contribution is -0.143. The summed E-state index contributed by atoms with van der Waals surface area (Å²) in [7, 11) is 1.72. The number of rotatable bonds is 9. The average molecular weight is 482 g/mol. The molecular formula is C28H39N3O4. The summed E-state index contributed by atoms with van der Waals surface area (Å²) >= 11 is 0. The van der Waals surface area contributed by atoms with Crippen LogP contribution in [0.25, 0.3) is 0 Å². The van der Waals surface area contributed by atoms with Crippen molar-refractivity contribution in [1.82, 2.24) is 9.88 Å². The van der Waals surface area contributed by atoms with Crippen LogP contribution in [-0.4, -0.2) is 65.5 Å². The van der Waals surface area contributed by atoms with Crippen molar-refractivity contribution < 1.29 is 19.7 Å². The smallest absolute Gasteiger partial charge is 0.325 e. The van der Waals surface area contributed by atoms with Gasteiger partial charge in [-0.1, -0.05) is 30.3 Å². The number of hydrogen-bond donors (Lipinski definition) is 3. The molecular weight excluding hydrogens is 442 g/mol. The number of anilines is 1. The van der Waals surface area contributed by atoms with Crippen LogP contribution in [0.15, 0.2) is 36.4 Å². The Balaban J connectivity index is 0.000000172. The van der Waals surface area contributed by atoms with E-state index in [0.29, 0.717) is 5.92 Å². The molecule has 1 saturated carbocycles. The van der Waals surface area contributed by atoms with Crippen molar-refractivity contribution in [2.24, 2.45) is 0 Å². The molecule has 0 radical (unpaired) electrons. The number of methoxy groups -OCH3 is 1. The Kier molecular flexibility index (Phi) is 9.12. The van der Waals surface area contributed by atoms with E-state index in [-0.39, 0.29) is 12.7 Å². The van der Waals surface area contributed by atoms with Gasteiger partial charge in [-0.25, -0.2) is 4.98 Å².